The van der Waals surface area contributed by atoms with Crippen LogP contribution in [0, 0.1) is 0 Å². The van der Waals surface area contributed by atoms with E-state index in [0.29, 0.717) is 24.7 Å². The predicted molar refractivity (Wildman–Crippen MR) is 104 cm³/mol. The molecule has 0 radical (unpaired) electrons. The van der Waals surface area contributed by atoms with Gasteiger partial charge in [0.05, 0.1) is 12.2 Å². The van der Waals surface area contributed by atoms with Gasteiger partial charge in [-0.15, -0.1) is 11.3 Å². The number of aliphatic imine (C=N–C) groups is 2. The van der Waals surface area contributed by atoms with Gasteiger partial charge >= 0.3 is 0 Å². The third kappa shape index (κ3) is 2.80. The van der Waals surface area contributed by atoms with Crippen molar-refractivity contribution in [2.75, 3.05) is 13.1 Å². The van der Waals surface area contributed by atoms with E-state index in [0.717, 1.165) is 27.7 Å². The van der Waals surface area contributed by atoms with Gasteiger partial charge in [0.25, 0.3) is 5.91 Å². The molecule has 0 aliphatic carbocycles. The number of amides is 1. The van der Waals surface area contributed by atoms with Gasteiger partial charge in [-0.3, -0.25) is 25.0 Å². The van der Waals surface area contributed by atoms with Crippen molar-refractivity contribution in [2.45, 2.75) is 0 Å². The highest BCUT2D eigenvalue weighted by Crippen LogP contribution is 2.28. The van der Waals surface area contributed by atoms with E-state index < -0.39 is 0 Å². The number of aromatic nitrogens is 2. The molecule has 0 bridgehead atoms. The Bertz CT molecular complexity index is 1090. The Balaban J connectivity index is 1.42. The van der Waals surface area contributed by atoms with Gasteiger partial charge in [0.15, 0.2) is 0 Å². The second-order valence-corrected chi connectivity index (χ2v) is 6.90. The molecule has 0 saturated heterocycles. The van der Waals surface area contributed by atoms with Crippen molar-refractivity contribution in [3.05, 3.63) is 65.4 Å². The van der Waals surface area contributed by atoms with Crippen LogP contribution in [0.15, 0.2) is 64.2 Å². The standard InChI is InChI=1S/C19H14N6OS/c26-17(15-11-27-18(22-15)12-4-3-7-20-10-12)24-19-23-14-6-2-1-5-13(14)16-21-8-9-25(16)19/h1-7,10-11H,8-9H2,(H,23,24,26). The molecule has 1 amide bonds. The minimum Gasteiger partial charge on any atom is -0.294 e. The molecule has 0 unspecified atom stereocenters. The normalized spacial score (nSPS) is 14.9. The number of amidine groups is 1. The topological polar surface area (TPSA) is 82.8 Å². The molecule has 132 valence electrons. The highest BCUT2D eigenvalue weighted by molar-refractivity contribution is 7.13. The Morgan fingerprint density at radius 1 is 1.19 bits per heavy atom. The lowest BCUT2D eigenvalue weighted by Gasteiger charge is -2.27. The van der Waals surface area contributed by atoms with Crippen molar-refractivity contribution in [1.29, 1.82) is 0 Å². The molecule has 0 spiro atoms. The summed E-state index contributed by atoms with van der Waals surface area (Å²) >= 11 is 1.41. The molecule has 0 atom stereocenters. The smallest absolute Gasteiger partial charge is 0.277 e. The predicted octanol–water partition coefficient (Wildman–Crippen LogP) is 2.70. The quantitative estimate of drug-likeness (QED) is 0.748. The molecule has 27 heavy (non-hydrogen) atoms. The average molecular weight is 374 g/mol. The number of pyridine rings is 1. The van der Waals surface area contributed by atoms with Crippen LogP contribution in [0.25, 0.3) is 10.6 Å². The van der Waals surface area contributed by atoms with Gasteiger partial charge in [0, 0.05) is 35.4 Å². The molecule has 4 heterocycles. The number of fused-ring (bicyclic) bond motifs is 3. The molecular formula is C19H14N6OS. The van der Waals surface area contributed by atoms with E-state index in [1.54, 1.807) is 17.8 Å². The Labute approximate surface area is 159 Å². The monoisotopic (exact) mass is 374 g/mol. The maximum Gasteiger partial charge on any atom is 0.277 e. The third-order valence-corrected chi connectivity index (χ3v) is 5.23. The number of benzene rings is 1. The number of rotatable bonds is 2. The number of hydrogen-bond donors (Lipinski definition) is 1. The van der Waals surface area contributed by atoms with E-state index in [1.165, 1.54) is 11.3 Å². The van der Waals surface area contributed by atoms with Gasteiger partial charge < -0.3 is 0 Å². The fourth-order valence-electron chi connectivity index (χ4n) is 3.08. The van der Waals surface area contributed by atoms with Crippen molar-refractivity contribution in [3.8, 4) is 10.6 Å². The molecule has 3 aromatic rings. The zero-order valence-electron chi connectivity index (χ0n) is 14.2. The molecule has 2 aliphatic heterocycles. The molecule has 1 N–H and O–H groups in total. The molecule has 5 rings (SSSR count). The number of hydrogen-bond acceptors (Lipinski definition) is 7. The maximum atomic E-state index is 12.7. The lowest BCUT2D eigenvalue weighted by atomic mass is 10.1. The van der Waals surface area contributed by atoms with E-state index in [9.17, 15) is 4.79 Å². The molecule has 0 saturated carbocycles. The van der Waals surface area contributed by atoms with Crippen molar-refractivity contribution in [1.82, 2.24) is 20.2 Å². The van der Waals surface area contributed by atoms with Crippen molar-refractivity contribution in [2.24, 2.45) is 9.98 Å². The molecule has 2 aromatic heterocycles. The maximum absolute atomic E-state index is 12.7. The summed E-state index contributed by atoms with van der Waals surface area (Å²) in [7, 11) is 0. The summed E-state index contributed by atoms with van der Waals surface area (Å²) in [4.78, 5) is 32.4. The minimum absolute atomic E-state index is 0.286. The number of guanidine groups is 1. The van der Waals surface area contributed by atoms with Crippen LogP contribution in [0.5, 0.6) is 0 Å². The van der Waals surface area contributed by atoms with Crippen LogP contribution in [-0.2, 0) is 0 Å². The van der Waals surface area contributed by atoms with Gasteiger partial charge in [-0.05, 0) is 24.3 Å². The third-order valence-electron chi connectivity index (χ3n) is 4.34. The van der Waals surface area contributed by atoms with E-state index in [4.69, 9.17) is 0 Å². The lowest BCUT2D eigenvalue weighted by Crippen LogP contribution is -2.47. The lowest BCUT2D eigenvalue weighted by molar-refractivity contribution is 0.0970. The number of carbonyl (C=O) groups is 1. The second kappa shape index (κ2) is 6.40. The number of nitrogens with zero attached hydrogens (tertiary/aromatic N) is 5. The van der Waals surface area contributed by atoms with E-state index in [2.05, 4.69) is 25.3 Å². The Morgan fingerprint density at radius 3 is 3.00 bits per heavy atom. The highest BCUT2D eigenvalue weighted by Gasteiger charge is 2.30. The second-order valence-electron chi connectivity index (χ2n) is 6.04. The first-order valence-electron chi connectivity index (χ1n) is 8.47. The van der Waals surface area contributed by atoms with Crippen molar-refractivity contribution >= 4 is 34.7 Å². The van der Waals surface area contributed by atoms with Crippen LogP contribution in [0.2, 0.25) is 0 Å². The molecule has 7 nitrogen and oxygen atoms in total. The number of carbonyl (C=O) groups excluding carboxylic acids is 1. The Morgan fingerprint density at radius 2 is 2.11 bits per heavy atom. The molecular weight excluding hydrogens is 360 g/mol. The highest BCUT2D eigenvalue weighted by atomic mass is 32.1. The van der Waals surface area contributed by atoms with Gasteiger partial charge in [0.2, 0.25) is 5.96 Å². The largest absolute Gasteiger partial charge is 0.294 e. The molecule has 2 aliphatic rings. The van der Waals surface area contributed by atoms with E-state index in [-0.39, 0.29) is 5.91 Å². The average Bonchev–Trinajstić information content (AvgIpc) is 3.39. The fourth-order valence-corrected chi connectivity index (χ4v) is 3.87. The first kappa shape index (κ1) is 15.8. The van der Waals surface area contributed by atoms with Crippen LogP contribution in [-0.4, -0.2) is 45.7 Å². The first-order chi connectivity index (χ1) is 13.3. The zero-order valence-corrected chi connectivity index (χ0v) is 15.0. The number of para-hydroxylation sites is 1. The number of nitrogens with one attached hydrogen (secondary N) is 1. The van der Waals surface area contributed by atoms with Crippen LogP contribution in [0.4, 0.5) is 5.69 Å². The molecule has 1 aromatic carbocycles. The SMILES string of the molecule is O=C(NC1=Nc2ccccc2C2=NCCN12)c1csc(-c2cccnc2)n1. The summed E-state index contributed by atoms with van der Waals surface area (Å²) in [5.41, 5.74) is 3.04. The van der Waals surface area contributed by atoms with E-state index in [1.807, 2.05) is 41.3 Å². The van der Waals surface area contributed by atoms with Crippen LogP contribution in [0.3, 0.4) is 0 Å². The summed E-state index contributed by atoms with van der Waals surface area (Å²) in [5, 5.41) is 5.40. The number of thiazole rings is 1. The van der Waals surface area contributed by atoms with Crippen LogP contribution >= 0.6 is 11.3 Å². The fraction of sp³-hybridized carbons (Fsp3) is 0.105. The summed E-state index contributed by atoms with van der Waals surface area (Å²) in [6, 6.07) is 11.6. The first-order valence-corrected chi connectivity index (χ1v) is 9.35. The summed E-state index contributed by atoms with van der Waals surface area (Å²) < 4.78 is 0. The van der Waals surface area contributed by atoms with Gasteiger partial charge in [0.1, 0.15) is 16.5 Å². The Hall–Kier alpha value is -3.39. The van der Waals surface area contributed by atoms with Gasteiger partial charge in [-0.25, -0.2) is 9.98 Å². The molecule has 8 heteroatoms. The van der Waals surface area contributed by atoms with Crippen molar-refractivity contribution < 1.29 is 4.79 Å². The van der Waals surface area contributed by atoms with Crippen LogP contribution in [0.1, 0.15) is 16.1 Å². The van der Waals surface area contributed by atoms with Gasteiger partial charge in [-0.1, -0.05) is 12.1 Å². The summed E-state index contributed by atoms with van der Waals surface area (Å²) in [5.74, 6) is 1.06. The summed E-state index contributed by atoms with van der Waals surface area (Å²) in [6.07, 6.45) is 3.44. The van der Waals surface area contributed by atoms with Gasteiger partial charge in [-0.2, -0.15) is 0 Å². The van der Waals surface area contributed by atoms with E-state index >= 15 is 0 Å². The summed E-state index contributed by atoms with van der Waals surface area (Å²) in [6.45, 7) is 1.38. The minimum atomic E-state index is -0.286. The van der Waals surface area contributed by atoms with Crippen LogP contribution < -0.4 is 5.32 Å². The zero-order chi connectivity index (χ0) is 18.2. The molecule has 0 fully saturated rings. The van der Waals surface area contributed by atoms with Crippen molar-refractivity contribution in [3.63, 3.8) is 0 Å². The Kier molecular flexibility index (Phi) is 3.75.